The maximum Gasteiger partial charge on any atom is 0.416 e. The number of halogens is 3. The molecule has 9 heteroatoms. The summed E-state index contributed by atoms with van der Waals surface area (Å²) in [5.41, 5.74) is 1.63. The van der Waals surface area contributed by atoms with Gasteiger partial charge in [0.05, 0.1) is 17.0 Å². The molecule has 1 heterocycles. The first kappa shape index (κ1) is 20.9. The van der Waals surface area contributed by atoms with Crippen molar-refractivity contribution < 1.29 is 18.0 Å². The summed E-state index contributed by atoms with van der Waals surface area (Å²) in [6, 6.07) is 12.7. The molecule has 0 spiro atoms. The molecule has 152 valence electrons. The third kappa shape index (κ3) is 5.60. The van der Waals surface area contributed by atoms with E-state index in [1.807, 2.05) is 43.3 Å². The largest absolute Gasteiger partial charge is 0.416 e. The molecule has 5 nitrogen and oxygen atoms in total. The highest BCUT2D eigenvalue weighted by Crippen LogP contribution is 2.31. The third-order valence-electron chi connectivity index (χ3n) is 4.22. The predicted molar refractivity (Wildman–Crippen MR) is 110 cm³/mol. The third-order valence-corrected chi connectivity index (χ3v) is 5.29. The Kier molecular flexibility index (Phi) is 6.26. The van der Waals surface area contributed by atoms with Crippen LogP contribution in [0.15, 0.2) is 58.7 Å². The summed E-state index contributed by atoms with van der Waals surface area (Å²) < 4.78 is 38.5. The van der Waals surface area contributed by atoms with Gasteiger partial charge in [-0.05, 0) is 35.7 Å². The van der Waals surface area contributed by atoms with E-state index in [4.69, 9.17) is 0 Å². The van der Waals surface area contributed by atoms with E-state index in [1.54, 1.807) is 12.3 Å². The van der Waals surface area contributed by atoms with Crippen molar-refractivity contribution in [2.24, 2.45) is 10.2 Å². The second-order valence-corrected chi connectivity index (χ2v) is 7.83. The fourth-order valence-corrected chi connectivity index (χ4v) is 3.65. The monoisotopic (exact) mass is 420 g/mol. The van der Waals surface area contributed by atoms with Crippen LogP contribution in [0.4, 0.5) is 18.9 Å². The lowest BCUT2D eigenvalue weighted by atomic mass is 10.1. The summed E-state index contributed by atoms with van der Waals surface area (Å²) in [6.45, 7) is 0. The quantitative estimate of drug-likeness (QED) is 0.589. The Hall–Kier alpha value is -2.81. The van der Waals surface area contributed by atoms with Crippen LogP contribution in [0.1, 0.15) is 16.7 Å². The molecule has 1 fully saturated rings. The zero-order valence-electron chi connectivity index (χ0n) is 15.8. The van der Waals surface area contributed by atoms with Crippen molar-refractivity contribution in [3.63, 3.8) is 0 Å². The summed E-state index contributed by atoms with van der Waals surface area (Å²) in [4.78, 5) is 14.1. The SMILES string of the molecule is CN(C)c1ccc(/C=N\N=C2/NC(=O)[C@@H](Cc3cccc(C(F)(F)F)c3)S2)cc1. The molecule has 0 radical (unpaired) electrons. The van der Waals surface area contributed by atoms with Crippen molar-refractivity contribution in [1.82, 2.24) is 5.32 Å². The summed E-state index contributed by atoms with van der Waals surface area (Å²) in [5, 5.41) is 10.4. The Bertz CT molecular complexity index is 939. The van der Waals surface area contributed by atoms with Crippen LogP contribution in [0.3, 0.4) is 0 Å². The van der Waals surface area contributed by atoms with Gasteiger partial charge < -0.3 is 10.2 Å². The van der Waals surface area contributed by atoms with Crippen LogP contribution in [0.5, 0.6) is 0 Å². The van der Waals surface area contributed by atoms with E-state index in [2.05, 4.69) is 15.5 Å². The summed E-state index contributed by atoms with van der Waals surface area (Å²) in [5.74, 6) is -0.295. The molecule has 1 aliphatic heterocycles. The van der Waals surface area contributed by atoms with Crippen LogP contribution in [0.25, 0.3) is 0 Å². The van der Waals surface area contributed by atoms with Crippen LogP contribution in [0.2, 0.25) is 0 Å². The number of thioether (sulfide) groups is 1. The molecule has 3 rings (SSSR count). The Balaban J connectivity index is 1.62. The smallest absolute Gasteiger partial charge is 0.378 e. The van der Waals surface area contributed by atoms with Crippen molar-refractivity contribution in [3.8, 4) is 0 Å². The van der Waals surface area contributed by atoms with Gasteiger partial charge in [-0.15, -0.1) is 5.10 Å². The van der Waals surface area contributed by atoms with E-state index in [1.165, 1.54) is 6.07 Å². The number of hydrogen-bond acceptors (Lipinski definition) is 5. The number of hydrogen-bond donors (Lipinski definition) is 1. The van der Waals surface area contributed by atoms with Gasteiger partial charge in [0.2, 0.25) is 5.91 Å². The molecule has 2 aromatic carbocycles. The molecule has 0 aliphatic carbocycles. The highest BCUT2D eigenvalue weighted by atomic mass is 32.2. The molecule has 1 saturated heterocycles. The Morgan fingerprint density at radius 3 is 2.55 bits per heavy atom. The van der Waals surface area contributed by atoms with Gasteiger partial charge in [0, 0.05) is 19.8 Å². The second-order valence-electron chi connectivity index (χ2n) is 6.63. The van der Waals surface area contributed by atoms with Gasteiger partial charge in [-0.1, -0.05) is 42.1 Å². The molecule has 1 aliphatic rings. The van der Waals surface area contributed by atoms with E-state index < -0.39 is 17.0 Å². The van der Waals surface area contributed by atoms with E-state index in [9.17, 15) is 18.0 Å². The van der Waals surface area contributed by atoms with Crippen molar-refractivity contribution in [2.75, 3.05) is 19.0 Å². The van der Waals surface area contributed by atoms with Gasteiger partial charge in [-0.25, -0.2) is 0 Å². The first-order valence-electron chi connectivity index (χ1n) is 8.74. The summed E-state index contributed by atoms with van der Waals surface area (Å²) in [6.07, 6.45) is -2.67. The molecule has 1 N–H and O–H groups in total. The minimum Gasteiger partial charge on any atom is -0.378 e. The van der Waals surface area contributed by atoms with Gasteiger partial charge in [-0.2, -0.15) is 18.3 Å². The van der Waals surface area contributed by atoms with E-state index >= 15 is 0 Å². The lowest BCUT2D eigenvalue weighted by Crippen LogP contribution is -2.26. The van der Waals surface area contributed by atoms with Crippen molar-refractivity contribution >= 4 is 34.7 Å². The van der Waals surface area contributed by atoms with Crippen molar-refractivity contribution in [1.29, 1.82) is 0 Å². The van der Waals surface area contributed by atoms with E-state index in [0.717, 1.165) is 35.1 Å². The fraction of sp³-hybridized carbons (Fsp3) is 0.250. The average Bonchev–Trinajstić information content (AvgIpc) is 3.01. The molecule has 29 heavy (non-hydrogen) atoms. The second kappa shape index (κ2) is 8.69. The lowest BCUT2D eigenvalue weighted by Gasteiger charge is -2.11. The Morgan fingerprint density at radius 1 is 1.17 bits per heavy atom. The number of amides is 1. The standard InChI is InChI=1S/C20H19F3N4OS/c1-27(2)16-8-6-13(7-9-16)12-24-26-19-25-18(28)17(29-19)11-14-4-3-5-15(10-14)20(21,22)23/h3-10,12,17H,11H2,1-2H3,(H,25,26,28)/b24-12-/t17-/m1/s1. The lowest BCUT2D eigenvalue weighted by molar-refractivity contribution is -0.137. The minimum absolute atomic E-state index is 0.176. The number of amidine groups is 1. The molecular weight excluding hydrogens is 401 g/mol. The molecule has 2 aromatic rings. The molecule has 1 atom stereocenters. The van der Waals surface area contributed by atoms with Crippen LogP contribution in [-0.4, -0.2) is 36.6 Å². The van der Waals surface area contributed by atoms with Crippen molar-refractivity contribution in [2.45, 2.75) is 17.8 Å². The number of rotatable bonds is 5. The Labute approximate surface area is 170 Å². The fourth-order valence-electron chi connectivity index (χ4n) is 2.68. The van der Waals surface area contributed by atoms with Crippen LogP contribution in [-0.2, 0) is 17.4 Å². The van der Waals surface area contributed by atoms with Crippen LogP contribution < -0.4 is 10.2 Å². The normalized spacial score (nSPS) is 18.4. The first-order chi connectivity index (χ1) is 13.7. The van der Waals surface area contributed by atoms with Crippen LogP contribution in [0, 0.1) is 0 Å². The minimum atomic E-state index is -4.41. The number of nitrogens with zero attached hydrogens (tertiary/aromatic N) is 3. The highest BCUT2D eigenvalue weighted by molar-refractivity contribution is 8.15. The molecule has 0 saturated carbocycles. The number of carbonyl (C=O) groups excluding carboxylic acids is 1. The molecular formula is C20H19F3N4OS. The number of benzene rings is 2. The van der Waals surface area contributed by atoms with Gasteiger partial charge in [0.1, 0.15) is 0 Å². The first-order valence-corrected chi connectivity index (χ1v) is 9.62. The maximum absolute atomic E-state index is 12.8. The zero-order valence-corrected chi connectivity index (χ0v) is 16.6. The predicted octanol–water partition coefficient (Wildman–Crippen LogP) is 3.94. The van der Waals surface area contributed by atoms with Gasteiger partial charge in [0.15, 0.2) is 5.17 Å². The van der Waals surface area contributed by atoms with Gasteiger partial charge in [0.25, 0.3) is 0 Å². The topological polar surface area (TPSA) is 57.1 Å². The molecule has 1 amide bonds. The highest BCUT2D eigenvalue weighted by Gasteiger charge is 2.33. The van der Waals surface area contributed by atoms with Gasteiger partial charge in [-0.3, -0.25) is 4.79 Å². The maximum atomic E-state index is 12.8. The zero-order chi connectivity index (χ0) is 21.0. The molecule has 0 unspecified atom stereocenters. The average molecular weight is 420 g/mol. The number of nitrogens with one attached hydrogen (secondary N) is 1. The molecule has 0 aromatic heterocycles. The van der Waals surface area contributed by atoms with Crippen LogP contribution >= 0.6 is 11.8 Å². The van der Waals surface area contributed by atoms with E-state index in [0.29, 0.717) is 10.7 Å². The van der Waals surface area contributed by atoms with Crippen molar-refractivity contribution in [3.05, 3.63) is 65.2 Å². The van der Waals surface area contributed by atoms with Gasteiger partial charge >= 0.3 is 6.18 Å². The number of anilines is 1. The summed E-state index contributed by atoms with van der Waals surface area (Å²) in [7, 11) is 3.90. The van der Waals surface area contributed by atoms with E-state index in [-0.39, 0.29) is 12.3 Å². The Morgan fingerprint density at radius 2 is 1.90 bits per heavy atom. The molecule has 0 bridgehead atoms. The summed E-state index contributed by atoms with van der Waals surface area (Å²) >= 11 is 1.16. The number of carbonyl (C=O) groups is 1. The number of alkyl halides is 3.